The lowest BCUT2D eigenvalue weighted by Gasteiger charge is -2.41. The van der Waals surface area contributed by atoms with Crippen molar-refractivity contribution in [3.63, 3.8) is 0 Å². The number of ether oxygens (including phenoxy) is 1. The highest BCUT2D eigenvalue weighted by molar-refractivity contribution is 6.07. The summed E-state index contributed by atoms with van der Waals surface area (Å²) in [5.74, 6) is -3.14. The smallest absolute Gasteiger partial charge is 0.328 e. The van der Waals surface area contributed by atoms with Gasteiger partial charge in [0.25, 0.3) is 5.92 Å². The molecule has 2 saturated heterocycles. The molecule has 11 heteroatoms. The number of piperazine rings is 1. The molecule has 0 aliphatic carbocycles. The number of methoxy groups -OCH3 is 1. The van der Waals surface area contributed by atoms with Crippen LogP contribution in [0.2, 0.25) is 0 Å². The van der Waals surface area contributed by atoms with Crippen molar-refractivity contribution in [2.75, 3.05) is 51.3 Å². The standard InChI is InChI=1S/C21H28F2N6O3/c1-15-11-26(7-8-27(15)13-21(22,23)14-32-2)12-16-3-6-29-17(9-16)18(10-24-29)28-5-4-19(30)25-20(28)31/h3,6,9-10,15H,4-5,7-8,11-14H2,1-2H3,(H,25,30,31)/t15-/m0/s1. The average molecular weight is 450 g/mol. The topological polar surface area (TPSA) is 82.4 Å². The molecular weight excluding hydrogens is 422 g/mol. The minimum absolute atomic E-state index is 0.00433. The van der Waals surface area contributed by atoms with Gasteiger partial charge in [-0.25, -0.2) is 18.1 Å². The van der Waals surface area contributed by atoms with E-state index in [9.17, 15) is 18.4 Å². The first-order chi connectivity index (χ1) is 15.3. The fourth-order valence-corrected chi connectivity index (χ4v) is 4.37. The number of aromatic nitrogens is 2. The minimum Gasteiger partial charge on any atom is -0.378 e. The van der Waals surface area contributed by atoms with E-state index in [0.717, 1.165) is 11.1 Å². The molecule has 1 N–H and O–H groups in total. The number of nitrogens with zero attached hydrogens (tertiary/aromatic N) is 5. The molecule has 0 unspecified atom stereocenters. The molecule has 2 aromatic rings. The number of halogens is 2. The largest absolute Gasteiger partial charge is 0.378 e. The lowest BCUT2D eigenvalue weighted by molar-refractivity contribution is -0.120. The summed E-state index contributed by atoms with van der Waals surface area (Å²) in [6, 6.07) is 3.50. The Morgan fingerprint density at radius 3 is 2.81 bits per heavy atom. The van der Waals surface area contributed by atoms with Crippen LogP contribution in [0.1, 0.15) is 18.9 Å². The third-order valence-corrected chi connectivity index (χ3v) is 5.96. The van der Waals surface area contributed by atoms with Crippen LogP contribution in [0.5, 0.6) is 0 Å². The molecule has 4 rings (SSSR count). The highest BCUT2D eigenvalue weighted by Gasteiger charge is 2.35. The van der Waals surface area contributed by atoms with Crippen LogP contribution >= 0.6 is 0 Å². The molecule has 0 radical (unpaired) electrons. The van der Waals surface area contributed by atoms with Gasteiger partial charge in [-0.05, 0) is 24.6 Å². The summed E-state index contributed by atoms with van der Waals surface area (Å²) >= 11 is 0. The second-order valence-electron chi connectivity index (χ2n) is 8.49. The first-order valence-electron chi connectivity index (χ1n) is 10.7. The molecule has 0 bridgehead atoms. The Balaban J connectivity index is 1.43. The molecule has 4 heterocycles. The summed E-state index contributed by atoms with van der Waals surface area (Å²) in [5.41, 5.74) is 2.46. The van der Waals surface area contributed by atoms with Crippen molar-refractivity contribution in [1.29, 1.82) is 0 Å². The van der Waals surface area contributed by atoms with E-state index in [1.807, 2.05) is 30.2 Å². The first-order valence-corrected chi connectivity index (χ1v) is 10.7. The van der Waals surface area contributed by atoms with Gasteiger partial charge in [-0.1, -0.05) is 0 Å². The Hall–Kier alpha value is -2.63. The third kappa shape index (κ3) is 4.89. The van der Waals surface area contributed by atoms with Crippen LogP contribution in [0.15, 0.2) is 24.5 Å². The molecule has 2 aliphatic heterocycles. The summed E-state index contributed by atoms with van der Waals surface area (Å²) in [4.78, 5) is 29.3. The lowest BCUT2D eigenvalue weighted by Crippen LogP contribution is -2.55. The van der Waals surface area contributed by atoms with Crippen LogP contribution in [0, 0.1) is 0 Å². The van der Waals surface area contributed by atoms with Crippen molar-refractivity contribution < 1.29 is 23.1 Å². The van der Waals surface area contributed by atoms with E-state index in [0.29, 0.717) is 38.4 Å². The van der Waals surface area contributed by atoms with Gasteiger partial charge in [0.05, 0.1) is 23.9 Å². The summed E-state index contributed by atoms with van der Waals surface area (Å²) in [7, 11) is 1.29. The number of rotatable bonds is 7. The van der Waals surface area contributed by atoms with Crippen LogP contribution in [0.3, 0.4) is 0 Å². The molecule has 1 atom stereocenters. The number of amides is 3. The molecule has 32 heavy (non-hydrogen) atoms. The van der Waals surface area contributed by atoms with Crippen LogP contribution < -0.4 is 10.2 Å². The number of pyridine rings is 1. The molecule has 0 spiro atoms. The Bertz CT molecular complexity index is 997. The number of alkyl halides is 2. The van der Waals surface area contributed by atoms with Crippen molar-refractivity contribution in [3.8, 4) is 0 Å². The fraction of sp³-hybridized carbons (Fsp3) is 0.571. The van der Waals surface area contributed by atoms with Gasteiger partial charge in [0.1, 0.15) is 6.61 Å². The molecule has 3 amide bonds. The highest BCUT2D eigenvalue weighted by atomic mass is 19.3. The zero-order valence-corrected chi connectivity index (χ0v) is 18.3. The van der Waals surface area contributed by atoms with Crippen molar-refractivity contribution >= 4 is 23.1 Å². The maximum Gasteiger partial charge on any atom is 0.328 e. The van der Waals surface area contributed by atoms with Crippen LogP contribution in [-0.2, 0) is 16.1 Å². The second-order valence-corrected chi connectivity index (χ2v) is 8.49. The molecule has 2 aliphatic rings. The van der Waals surface area contributed by atoms with Crippen LogP contribution in [0.25, 0.3) is 5.52 Å². The number of hydrogen-bond donors (Lipinski definition) is 1. The number of carbonyl (C=O) groups is 2. The van der Waals surface area contributed by atoms with E-state index in [2.05, 4.69) is 20.1 Å². The van der Waals surface area contributed by atoms with Gasteiger partial charge >= 0.3 is 6.03 Å². The summed E-state index contributed by atoms with van der Waals surface area (Å²) in [5, 5.41) is 6.65. The van der Waals surface area contributed by atoms with Crippen molar-refractivity contribution in [1.82, 2.24) is 24.7 Å². The molecule has 174 valence electrons. The predicted molar refractivity (Wildman–Crippen MR) is 114 cm³/mol. The van der Waals surface area contributed by atoms with Gasteiger partial charge in [0.2, 0.25) is 5.91 Å². The maximum absolute atomic E-state index is 13.9. The van der Waals surface area contributed by atoms with Gasteiger partial charge < -0.3 is 4.74 Å². The van der Waals surface area contributed by atoms with Gasteiger partial charge in [-0.2, -0.15) is 5.10 Å². The van der Waals surface area contributed by atoms with Gasteiger partial charge in [-0.3, -0.25) is 24.8 Å². The van der Waals surface area contributed by atoms with E-state index < -0.39 is 18.6 Å². The highest BCUT2D eigenvalue weighted by Crippen LogP contribution is 2.25. The quantitative estimate of drug-likeness (QED) is 0.690. The number of fused-ring (bicyclic) bond motifs is 1. The normalized spacial score (nSPS) is 21.4. The average Bonchev–Trinajstić information content (AvgIpc) is 3.13. The summed E-state index contributed by atoms with van der Waals surface area (Å²) in [6.07, 6.45) is 3.70. The number of hydrogen-bond acceptors (Lipinski definition) is 6. The van der Waals surface area contributed by atoms with E-state index in [-0.39, 0.29) is 24.9 Å². The second kappa shape index (κ2) is 9.08. The number of carbonyl (C=O) groups excluding carboxylic acids is 2. The number of nitrogens with one attached hydrogen (secondary N) is 1. The zero-order chi connectivity index (χ0) is 22.9. The molecule has 0 saturated carbocycles. The third-order valence-electron chi connectivity index (χ3n) is 5.96. The van der Waals surface area contributed by atoms with Gasteiger partial charge in [-0.15, -0.1) is 0 Å². The SMILES string of the molecule is COCC(F)(F)CN1CCN(Cc2ccn3ncc(N4CCC(=O)NC4=O)c3c2)C[C@@H]1C. The van der Waals surface area contributed by atoms with E-state index in [1.54, 1.807) is 10.7 Å². The molecule has 9 nitrogen and oxygen atoms in total. The van der Waals surface area contributed by atoms with Crippen LogP contribution in [-0.4, -0.2) is 89.8 Å². The Morgan fingerprint density at radius 2 is 2.09 bits per heavy atom. The Labute approximate surface area is 184 Å². The van der Waals surface area contributed by atoms with Gasteiger partial charge in [0, 0.05) is 58.5 Å². The number of urea groups is 1. The van der Waals surface area contributed by atoms with Crippen molar-refractivity contribution in [2.24, 2.45) is 0 Å². The maximum atomic E-state index is 13.9. The van der Waals surface area contributed by atoms with Crippen molar-refractivity contribution in [2.45, 2.75) is 31.9 Å². The minimum atomic E-state index is -2.86. The first kappa shape index (κ1) is 22.6. The molecule has 2 fully saturated rings. The Kier molecular flexibility index (Phi) is 6.40. The Morgan fingerprint density at radius 1 is 1.28 bits per heavy atom. The van der Waals surface area contributed by atoms with E-state index in [4.69, 9.17) is 0 Å². The number of imide groups is 1. The van der Waals surface area contributed by atoms with Gasteiger partial charge in [0.15, 0.2) is 0 Å². The molecule has 2 aromatic heterocycles. The molecular formula is C21H28F2N6O3. The summed E-state index contributed by atoms with van der Waals surface area (Å²) < 4.78 is 34.2. The predicted octanol–water partition coefficient (Wildman–Crippen LogP) is 1.57. The van der Waals surface area contributed by atoms with E-state index in [1.165, 1.54) is 12.0 Å². The zero-order valence-electron chi connectivity index (χ0n) is 18.3. The van der Waals surface area contributed by atoms with E-state index >= 15 is 0 Å². The van der Waals surface area contributed by atoms with Crippen LogP contribution in [0.4, 0.5) is 19.3 Å². The monoisotopic (exact) mass is 450 g/mol. The lowest BCUT2D eigenvalue weighted by atomic mass is 10.1. The fourth-order valence-electron chi connectivity index (χ4n) is 4.37. The van der Waals surface area contributed by atoms with Crippen molar-refractivity contribution in [3.05, 3.63) is 30.1 Å². The number of anilines is 1. The molecule has 0 aromatic carbocycles. The summed E-state index contributed by atoms with van der Waals surface area (Å²) in [6.45, 7) is 3.98.